The number of fused-ring (bicyclic) bond motifs is 1. The van der Waals surface area contributed by atoms with Crippen LogP contribution in [0, 0.1) is 0 Å². The van der Waals surface area contributed by atoms with Crippen molar-refractivity contribution >= 4 is 22.8 Å². The molecule has 1 aromatic carbocycles. The predicted octanol–water partition coefficient (Wildman–Crippen LogP) is 2.94. The van der Waals surface area contributed by atoms with Crippen LogP contribution in [0.2, 0.25) is 0 Å². The number of aromatic hydroxyl groups is 1. The zero-order valence-corrected chi connectivity index (χ0v) is 14.5. The van der Waals surface area contributed by atoms with Crippen molar-refractivity contribution < 1.29 is 9.90 Å². The van der Waals surface area contributed by atoms with E-state index in [2.05, 4.69) is 22.2 Å². The van der Waals surface area contributed by atoms with Gasteiger partial charge in [0.15, 0.2) is 0 Å². The Morgan fingerprint density at radius 1 is 1.15 bits per heavy atom. The van der Waals surface area contributed by atoms with Gasteiger partial charge in [0.2, 0.25) is 5.95 Å². The fraction of sp³-hybridized carbons (Fsp3) is 0.263. The summed E-state index contributed by atoms with van der Waals surface area (Å²) in [6.45, 7) is 2.56. The van der Waals surface area contributed by atoms with E-state index in [9.17, 15) is 14.7 Å². The number of nitrogens with zero attached hydrogens (tertiary/aromatic N) is 3. The van der Waals surface area contributed by atoms with Crippen LogP contribution < -0.4 is 10.9 Å². The van der Waals surface area contributed by atoms with E-state index in [1.54, 1.807) is 34.9 Å². The second kappa shape index (κ2) is 7.77. The van der Waals surface area contributed by atoms with Crippen molar-refractivity contribution in [3.63, 3.8) is 0 Å². The molecule has 0 unspecified atom stereocenters. The van der Waals surface area contributed by atoms with Gasteiger partial charge in [0, 0.05) is 24.3 Å². The predicted molar refractivity (Wildman–Crippen MR) is 99.4 cm³/mol. The summed E-state index contributed by atoms with van der Waals surface area (Å²) in [5, 5.41) is 13.5. The number of rotatable bonds is 6. The molecule has 7 heteroatoms. The number of hydrogen-bond acceptors (Lipinski definition) is 5. The van der Waals surface area contributed by atoms with Gasteiger partial charge in [-0.3, -0.25) is 14.9 Å². The van der Waals surface area contributed by atoms with E-state index in [1.165, 1.54) is 12.4 Å². The van der Waals surface area contributed by atoms with E-state index in [1.807, 2.05) is 0 Å². The number of pyridine rings is 1. The quantitative estimate of drug-likeness (QED) is 0.665. The number of carbonyl (C=O) groups is 1. The van der Waals surface area contributed by atoms with Crippen LogP contribution in [-0.4, -0.2) is 25.5 Å². The normalized spacial score (nSPS) is 10.8. The van der Waals surface area contributed by atoms with E-state index >= 15 is 0 Å². The molecule has 2 heterocycles. The van der Waals surface area contributed by atoms with Gasteiger partial charge in [-0.2, -0.15) is 0 Å². The molecule has 0 atom stereocenters. The Kier molecular flexibility index (Phi) is 5.26. The summed E-state index contributed by atoms with van der Waals surface area (Å²) in [4.78, 5) is 33.4. The number of unbranched alkanes of at least 4 members (excludes halogenated alkanes) is 2. The van der Waals surface area contributed by atoms with Gasteiger partial charge >= 0.3 is 0 Å². The fourth-order valence-electron chi connectivity index (χ4n) is 2.86. The zero-order chi connectivity index (χ0) is 18.5. The summed E-state index contributed by atoms with van der Waals surface area (Å²) in [7, 11) is 0. The average Bonchev–Trinajstić information content (AvgIpc) is 2.65. The van der Waals surface area contributed by atoms with Crippen LogP contribution in [0.15, 0.2) is 47.5 Å². The van der Waals surface area contributed by atoms with Gasteiger partial charge in [-0.1, -0.05) is 31.9 Å². The molecule has 0 aliphatic heterocycles. The first-order chi connectivity index (χ1) is 12.6. The highest BCUT2D eigenvalue weighted by Gasteiger charge is 2.22. The minimum atomic E-state index is -0.728. The Hall–Kier alpha value is -3.22. The van der Waals surface area contributed by atoms with Crippen molar-refractivity contribution in [2.75, 3.05) is 5.32 Å². The second-order valence-corrected chi connectivity index (χ2v) is 5.93. The molecule has 0 bridgehead atoms. The maximum atomic E-state index is 12.9. The lowest BCUT2D eigenvalue weighted by Crippen LogP contribution is -2.30. The number of para-hydroxylation sites is 1. The lowest BCUT2D eigenvalue weighted by atomic mass is 10.1. The molecule has 0 saturated carbocycles. The van der Waals surface area contributed by atoms with Crippen molar-refractivity contribution in [3.8, 4) is 5.75 Å². The molecule has 7 nitrogen and oxygen atoms in total. The third kappa shape index (κ3) is 3.42. The first-order valence-corrected chi connectivity index (χ1v) is 8.56. The van der Waals surface area contributed by atoms with E-state index in [0.717, 1.165) is 19.3 Å². The van der Waals surface area contributed by atoms with E-state index in [-0.39, 0.29) is 17.3 Å². The molecule has 3 rings (SSSR count). The number of nitrogens with one attached hydrogen (secondary N) is 1. The van der Waals surface area contributed by atoms with E-state index < -0.39 is 11.5 Å². The monoisotopic (exact) mass is 352 g/mol. The van der Waals surface area contributed by atoms with Gasteiger partial charge in [-0.25, -0.2) is 9.97 Å². The lowest BCUT2D eigenvalue weighted by Gasteiger charge is -2.14. The molecule has 0 spiro atoms. The number of aryl methyl sites for hydroxylation is 1. The zero-order valence-electron chi connectivity index (χ0n) is 14.5. The van der Waals surface area contributed by atoms with Crippen molar-refractivity contribution in [1.82, 2.24) is 14.5 Å². The lowest BCUT2D eigenvalue weighted by molar-refractivity contribution is 0.102. The molecule has 0 saturated heterocycles. The molecule has 2 aromatic heterocycles. The maximum absolute atomic E-state index is 12.9. The smallest absolute Gasteiger partial charge is 0.267 e. The van der Waals surface area contributed by atoms with E-state index in [0.29, 0.717) is 17.4 Å². The number of amides is 1. The number of anilines is 1. The maximum Gasteiger partial charge on any atom is 0.267 e. The van der Waals surface area contributed by atoms with Crippen molar-refractivity contribution in [2.45, 2.75) is 32.7 Å². The van der Waals surface area contributed by atoms with Crippen molar-refractivity contribution in [2.24, 2.45) is 0 Å². The summed E-state index contributed by atoms with van der Waals surface area (Å²) >= 11 is 0. The Bertz CT molecular complexity index is 983. The highest BCUT2D eigenvalue weighted by atomic mass is 16.3. The van der Waals surface area contributed by atoms with Gasteiger partial charge in [-0.05, 0) is 24.6 Å². The van der Waals surface area contributed by atoms with E-state index in [4.69, 9.17) is 0 Å². The molecular weight excluding hydrogens is 332 g/mol. The van der Waals surface area contributed by atoms with Crippen LogP contribution in [0.3, 0.4) is 0 Å². The Balaban J connectivity index is 2.09. The molecule has 134 valence electrons. The molecule has 2 N–H and O–H groups in total. The standard InChI is InChI=1S/C19H20N4O3/c1-2-3-6-12-23-14-9-5-4-8-13(14)16(24)15(18(23)26)17(25)22-19-20-10-7-11-21-19/h4-5,7-11,24H,2-3,6,12H2,1H3,(H,20,21,22,25). The van der Waals surface area contributed by atoms with Crippen LogP contribution in [0.1, 0.15) is 36.5 Å². The largest absolute Gasteiger partial charge is 0.506 e. The molecule has 26 heavy (non-hydrogen) atoms. The van der Waals surface area contributed by atoms with Crippen molar-refractivity contribution in [3.05, 3.63) is 58.6 Å². The van der Waals surface area contributed by atoms with Gasteiger partial charge in [0.1, 0.15) is 11.3 Å². The highest BCUT2D eigenvalue weighted by molar-refractivity contribution is 6.08. The molecule has 0 fully saturated rings. The van der Waals surface area contributed by atoms with Crippen molar-refractivity contribution in [1.29, 1.82) is 0 Å². The minimum Gasteiger partial charge on any atom is -0.506 e. The first kappa shape index (κ1) is 17.6. The summed E-state index contributed by atoms with van der Waals surface area (Å²) < 4.78 is 1.55. The SMILES string of the molecule is CCCCCn1c(=O)c(C(=O)Nc2ncccn2)c(O)c2ccccc21. The Labute approximate surface area is 150 Å². The summed E-state index contributed by atoms with van der Waals surface area (Å²) in [6, 6.07) is 8.63. The average molecular weight is 352 g/mol. The number of hydrogen-bond donors (Lipinski definition) is 2. The van der Waals surface area contributed by atoms with Crippen LogP contribution >= 0.6 is 0 Å². The molecular formula is C19H20N4O3. The Morgan fingerprint density at radius 3 is 2.62 bits per heavy atom. The fourth-order valence-corrected chi connectivity index (χ4v) is 2.86. The topological polar surface area (TPSA) is 97.1 Å². The molecule has 3 aromatic rings. The highest BCUT2D eigenvalue weighted by Crippen LogP contribution is 2.26. The van der Waals surface area contributed by atoms with Gasteiger partial charge in [-0.15, -0.1) is 0 Å². The second-order valence-electron chi connectivity index (χ2n) is 5.93. The van der Waals surface area contributed by atoms with Crippen LogP contribution in [-0.2, 0) is 6.54 Å². The van der Waals surface area contributed by atoms with Gasteiger partial charge in [0.25, 0.3) is 11.5 Å². The third-order valence-electron chi connectivity index (χ3n) is 4.15. The summed E-state index contributed by atoms with van der Waals surface area (Å²) in [6.07, 6.45) is 5.76. The third-order valence-corrected chi connectivity index (χ3v) is 4.15. The molecule has 0 aliphatic rings. The number of carbonyl (C=O) groups excluding carboxylic acids is 1. The van der Waals surface area contributed by atoms with Crippen LogP contribution in [0.5, 0.6) is 5.75 Å². The molecule has 0 radical (unpaired) electrons. The first-order valence-electron chi connectivity index (χ1n) is 8.56. The number of benzene rings is 1. The van der Waals surface area contributed by atoms with Gasteiger partial charge < -0.3 is 9.67 Å². The summed E-state index contributed by atoms with van der Waals surface area (Å²) in [5.41, 5.74) is -0.211. The minimum absolute atomic E-state index is 0.0713. The molecule has 0 aliphatic carbocycles. The van der Waals surface area contributed by atoms with Crippen LogP contribution in [0.25, 0.3) is 10.9 Å². The van der Waals surface area contributed by atoms with Gasteiger partial charge in [0.05, 0.1) is 5.52 Å². The number of aromatic nitrogens is 3. The van der Waals surface area contributed by atoms with Crippen LogP contribution in [0.4, 0.5) is 5.95 Å². The summed E-state index contributed by atoms with van der Waals surface area (Å²) in [5.74, 6) is -0.985. The Morgan fingerprint density at radius 2 is 1.88 bits per heavy atom. The molecule has 1 amide bonds.